The van der Waals surface area contributed by atoms with E-state index in [1.54, 1.807) is 0 Å². The van der Waals surface area contributed by atoms with Gasteiger partial charge in [-0.25, -0.2) is 9.74 Å². The van der Waals surface area contributed by atoms with Gasteiger partial charge in [-0.05, 0) is 0 Å². The third-order valence-corrected chi connectivity index (χ3v) is 1.21. The molecule has 13 heavy (non-hydrogen) atoms. The van der Waals surface area contributed by atoms with Gasteiger partial charge in [-0.3, -0.25) is 9.97 Å². The summed E-state index contributed by atoms with van der Waals surface area (Å²) in [5.41, 5.74) is -0.961. The highest BCUT2D eigenvalue weighted by Crippen LogP contribution is 2.26. The van der Waals surface area contributed by atoms with Crippen LogP contribution in [0, 0.1) is 0 Å². The molecule has 0 spiro atoms. The summed E-state index contributed by atoms with van der Waals surface area (Å²) >= 11 is 0. The Morgan fingerprint density at radius 2 is 2.15 bits per heavy atom. The topological polar surface area (TPSA) is 52.1 Å². The fourth-order valence-corrected chi connectivity index (χ4v) is 0.614. The standard InChI is InChI=1S/C6H3F3N2O2/c7-6(8,5(12)13-9)4-3-10-1-2-11-4/h1-3H. The zero-order valence-corrected chi connectivity index (χ0v) is 6.08. The molecule has 0 fully saturated rings. The van der Waals surface area contributed by atoms with Gasteiger partial charge in [-0.1, -0.05) is 0 Å². The Labute approximate surface area is 70.3 Å². The molecule has 0 aliphatic carbocycles. The average Bonchev–Trinajstić information content (AvgIpc) is 2.18. The highest BCUT2D eigenvalue weighted by molar-refractivity contribution is 5.77. The maximum Gasteiger partial charge on any atom is 0.424 e. The summed E-state index contributed by atoms with van der Waals surface area (Å²) < 4.78 is 36.7. The van der Waals surface area contributed by atoms with Gasteiger partial charge in [0.25, 0.3) is 0 Å². The molecule has 0 radical (unpaired) electrons. The molecule has 0 aliphatic heterocycles. The van der Waals surface area contributed by atoms with Crippen LogP contribution in [0.15, 0.2) is 18.6 Å². The second-order valence-electron chi connectivity index (χ2n) is 2.03. The molecule has 0 bridgehead atoms. The minimum atomic E-state index is -4.11. The lowest BCUT2D eigenvalue weighted by Gasteiger charge is -2.08. The van der Waals surface area contributed by atoms with Crippen LogP contribution in [-0.2, 0) is 15.7 Å². The van der Waals surface area contributed by atoms with Gasteiger partial charge in [0.15, 0.2) is 0 Å². The van der Waals surface area contributed by atoms with Crippen LogP contribution in [0.1, 0.15) is 5.69 Å². The van der Waals surface area contributed by atoms with E-state index in [0.717, 1.165) is 12.4 Å². The Kier molecular flexibility index (Phi) is 2.45. The largest absolute Gasteiger partial charge is 0.424 e. The van der Waals surface area contributed by atoms with E-state index in [1.165, 1.54) is 0 Å². The van der Waals surface area contributed by atoms with E-state index < -0.39 is 17.6 Å². The lowest BCUT2D eigenvalue weighted by atomic mass is 10.2. The molecule has 4 nitrogen and oxygen atoms in total. The summed E-state index contributed by atoms with van der Waals surface area (Å²) in [6.07, 6.45) is 2.74. The van der Waals surface area contributed by atoms with Crippen molar-refractivity contribution in [3.05, 3.63) is 24.3 Å². The zero-order chi connectivity index (χ0) is 9.90. The number of alkyl halides is 2. The van der Waals surface area contributed by atoms with Gasteiger partial charge >= 0.3 is 11.9 Å². The average molecular weight is 192 g/mol. The predicted octanol–water partition coefficient (Wildman–Crippen LogP) is 0.996. The quantitative estimate of drug-likeness (QED) is 0.701. The molecule has 70 valence electrons. The number of carbonyl (C=O) groups is 1. The molecule has 0 aliphatic rings. The van der Waals surface area contributed by atoms with Crippen molar-refractivity contribution in [3.63, 3.8) is 0 Å². The second kappa shape index (κ2) is 3.38. The van der Waals surface area contributed by atoms with E-state index in [2.05, 4.69) is 14.9 Å². The van der Waals surface area contributed by atoms with Crippen molar-refractivity contribution in [2.75, 3.05) is 0 Å². The van der Waals surface area contributed by atoms with Gasteiger partial charge in [0.05, 0.1) is 6.20 Å². The lowest BCUT2D eigenvalue weighted by Crippen LogP contribution is -2.27. The fourth-order valence-electron chi connectivity index (χ4n) is 0.614. The molecule has 1 rings (SSSR count). The normalized spacial score (nSPS) is 11.0. The number of halogens is 3. The molecule has 0 amide bonds. The van der Waals surface area contributed by atoms with Gasteiger partial charge in [0.1, 0.15) is 5.69 Å². The molecular formula is C6H3F3N2O2. The number of nitrogens with zero attached hydrogens (tertiary/aromatic N) is 2. The first-order valence-corrected chi connectivity index (χ1v) is 3.06. The summed E-state index contributed by atoms with van der Waals surface area (Å²) in [5.74, 6) is -6.42. The number of hydrogen-bond donors (Lipinski definition) is 0. The van der Waals surface area contributed by atoms with Crippen LogP contribution in [0.4, 0.5) is 13.3 Å². The van der Waals surface area contributed by atoms with Gasteiger partial charge in [-0.2, -0.15) is 8.78 Å². The van der Waals surface area contributed by atoms with Crippen LogP contribution in [-0.4, -0.2) is 15.9 Å². The van der Waals surface area contributed by atoms with Crippen molar-refractivity contribution in [3.8, 4) is 0 Å². The van der Waals surface area contributed by atoms with Gasteiger partial charge in [0, 0.05) is 16.9 Å². The molecule has 0 unspecified atom stereocenters. The van der Waals surface area contributed by atoms with E-state index >= 15 is 0 Å². The summed E-state index contributed by atoms with van der Waals surface area (Å²) in [7, 11) is 0. The molecular weight excluding hydrogens is 189 g/mol. The van der Waals surface area contributed by atoms with Gasteiger partial charge in [0.2, 0.25) is 0 Å². The van der Waals surface area contributed by atoms with E-state index in [1.807, 2.05) is 0 Å². The van der Waals surface area contributed by atoms with Crippen LogP contribution in [0.3, 0.4) is 0 Å². The van der Waals surface area contributed by atoms with Crippen LogP contribution < -0.4 is 0 Å². The number of rotatable bonds is 2. The molecule has 0 atom stereocenters. The Bertz CT molecular complexity index is 304. The monoisotopic (exact) mass is 192 g/mol. The zero-order valence-electron chi connectivity index (χ0n) is 6.08. The molecule has 0 saturated carbocycles. The van der Waals surface area contributed by atoms with Crippen molar-refractivity contribution >= 4 is 5.97 Å². The number of hydrogen-bond acceptors (Lipinski definition) is 4. The van der Waals surface area contributed by atoms with Crippen LogP contribution in [0.2, 0.25) is 0 Å². The number of carbonyl (C=O) groups excluding carboxylic acids is 1. The molecule has 0 saturated heterocycles. The van der Waals surface area contributed by atoms with Crippen LogP contribution in [0.5, 0.6) is 0 Å². The van der Waals surface area contributed by atoms with E-state index in [9.17, 15) is 18.1 Å². The van der Waals surface area contributed by atoms with E-state index in [4.69, 9.17) is 0 Å². The van der Waals surface area contributed by atoms with Crippen molar-refractivity contribution in [1.29, 1.82) is 0 Å². The lowest BCUT2D eigenvalue weighted by molar-refractivity contribution is -0.213. The third-order valence-electron chi connectivity index (χ3n) is 1.21. The summed E-state index contributed by atoms with van der Waals surface area (Å²) in [6, 6.07) is 0. The highest BCUT2D eigenvalue weighted by atomic mass is 19.3. The fraction of sp³-hybridized carbons (Fsp3) is 0.167. The molecule has 1 aromatic rings. The van der Waals surface area contributed by atoms with E-state index in [0.29, 0.717) is 6.20 Å². The Hall–Kier alpha value is -1.66. The molecule has 0 N–H and O–H groups in total. The summed E-state index contributed by atoms with van der Waals surface area (Å²) in [5, 5.41) is 0. The predicted molar refractivity (Wildman–Crippen MR) is 33.1 cm³/mol. The molecule has 1 aromatic heterocycles. The first kappa shape index (κ1) is 9.43. The summed E-state index contributed by atoms with van der Waals surface area (Å²) in [6.45, 7) is 0. The van der Waals surface area contributed by atoms with Crippen molar-refractivity contribution in [2.45, 2.75) is 5.92 Å². The third kappa shape index (κ3) is 1.74. The minimum absolute atomic E-state index is 0.650. The van der Waals surface area contributed by atoms with Gasteiger partial charge < -0.3 is 0 Å². The first-order chi connectivity index (χ1) is 6.09. The SMILES string of the molecule is O=C(OF)C(F)(F)c1cnccn1. The Morgan fingerprint density at radius 1 is 1.46 bits per heavy atom. The smallest absolute Gasteiger partial charge is 0.261 e. The minimum Gasteiger partial charge on any atom is -0.261 e. The second-order valence-corrected chi connectivity index (χ2v) is 2.03. The maximum atomic E-state index is 12.7. The number of aromatic nitrogens is 2. The Morgan fingerprint density at radius 3 is 2.62 bits per heavy atom. The molecule has 1 heterocycles. The van der Waals surface area contributed by atoms with E-state index in [-0.39, 0.29) is 0 Å². The van der Waals surface area contributed by atoms with Crippen molar-refractivity contribution in [1.82, 2.24) is 9.97 Å². The Balaban J connectivity index is 3.00. The van der Waals surface area contributed by atoms with Crippen LogP contribution in [0.25, 0.3) is 0 Å². The maximum absolute atomic E-state index is 12.7. The molecule has 0 aromatic carbocycles. The first-order valence-electron chi connectivity index (χ1n) is 3.06. The highest BCUT2D eigenvalue weighted by Gasteiger charge is 2.45. The molecule has 7 heteroatoms. The van der Waals surface area contributed by atoms with Crippen LogP contribution >= 0.6 is 0 Å². The summed E-state index contributed by atoms with van der Waals surface area (Å²) in [4.78, 5) is 19.1. The van der Waals surface area contributed by atoms with Crippen molar-refractivity contribution < 1.29 is 23.0 Å². The van der Waals surface area contributed by atoms with Crippen molar-refractivity contribution in [2.24, 2.45) is 0 Å². The van der Waals surface area contributed by atoms with Gasteiger partial charge in [-0.15, -0.1) is 0 Å².